The molecule has 0 aliphatic carbocycles. The zero-order valence-corrected chi connectivity index (χ0v) is 19.2. The molecule has 2 amide bonds. The Hall–Kier alpha value is -3.71. The maximum atomic E-state index is 13.9. The first-order valence-corrected chi connectivity index (χ1v) is 10.6. The molecule has 4 rings (SSSR count). The number of hydrogen-bond donors (Lipinski definition) is 1. The van der Waals surface area contributed by atoms with Gasteiger partial charge >= 0.3 is 0 Å². The number of rotatable bonds is 5. The molecule has 170 valence electrons. The number of amides is 2. The minimum atomic E-state index is -0.551. The van der Waals surface area contributed by atoms with E-state index >= 15 is 0 Å². The minimum absolute atomic E-state index is 0.151. The average molecular weight is 467 g/mol. The summed E-state index contributed by atoms with van der Waals surface area (Å²) < 4.78 is 16.2. The molecule has 1 atom stereocenters. The number of carbonyl (C=O) groups is 2. The highest BCUT2D eigenvalue weighted by Crippen LogP contribution is 2.41. The smallest absolute Gasteiger partial charge is 0.255 e. The van der Waals surface area contributed by atoms with E-state index in [1.165, 1.54) is 26.2 Å². The molecule has 0 bridgehead atoms. The predicted molar refractivity (Wildman–Crippen MR) is 126 cm³/mol. The van der Waals surface area contributed by atoms with Crippen LogP contribution < -0.4 is 19.5 Å². The zero-order chi connectivity index (χ0) is 23.5. The van der Waals surface area contributed by atoms with Crippen LogP contribution in [0.1, 0.15) is 27.5 Å². The van der Waals surface area contributed by atoms with E-state index in [1.807, 2.05) is 30.3 Å². The van der Waals surface area contributed by atoms with E-state index in [4.69, 9.17) is 25.8 Å². The summed E-state index contributed by atoms with van der Waals surface area (Å²) in [5.74, 6) is 0.393. The summed E-state index contributed by atoms with van der Waals surface area (Å²) in [5, 5.41) is 3.39. The summed E-state index contributed by atoms with van der Waals surface area (Å²) in [6.07, 6.45) is 0. The van der Waals surface area contributed by atoms with Crippen molar-refractivity contribution in [2.45, 2.75) is 6.04 Å². The van der Waals surface area contributed by atoms with Gasteiger partial charge in [0.25, 0.3) is 5.91 Å². The second-order valence-electron chi connectivity index (χ2n) is 7.44. The summed E-state index contributed by atoms with van der Waals surface area (Å²) in [6.45, 7) is -0.151. The van der Waals surface area contributed by atoms with Crippen molar-refractivity contribution in [3.8, 4) is 17.2 Å². The number of halogens is 1. The number of fused-ring (bicyclic) bond motifs is 1. The Balaban J connectivity index is 1.89. The molecular formula is C25H23ClN2O5. The standard InChI is InChI=1S/C25H23ClN2O5/c1-31-20-11-16(12-21(32-2)24(20)33-3)25(30)28-14-22(29)27-19-10-9-17(26)13-18(19)23(28)15-7-5-4-6-8-15/h4-13,23H,14H2,1-3H3,(H,27,29)/t23-/m1/s1. The van der Waals surface area contributed by atoms with Crippen molar-refractivity contribution in [3.63, 3.8) is 0 Å². The van der Waals surface area contributed by atoms with E-state index in [0.717, 1.165) is 11.1 Å². The molecule has 1 aliphatic heterocycles. The topological polar surface area (TPSA) is 77.1 Å². The molecule has 0 radical (unpaired) electrons. The van der Waals surface area contributed by atoms with E-state index in [2.05, 4.69) is 5.32 Å². The van der Waals surface area contributed by atoms with Gasteiger partial charge in [-0.1, -0.05) is 41.9 Å². The van der Waals surface area contributed by atoms with Gasteiger partial charge in [0.05, 0.1) is 27.4 Å². The van der Waals surface area contributed by atoms with E-state index in [1.54, 1.807) is 30.3 Å². The highest BCUT2D eigenvalue weighted by molar-refractivity contribution is 6.30. The summed E-state index contributed by atoms with van der Waals surface area (Å²) in [4.78, 5) is 28.2. The third-order valence-corrected chi connectivity index (χ3v) is 5.73. The Morgan fingerprint density at radius 3 is 2.24 bits per heavy atom. The van der Waals surface area contributed by atoms with Crippen LogP contribution in [0.3, 0.4) is 0 Å². The first-order valence-electron chi connectivity index (χ1n) is 10.2. The molecule has 0 aromatic heterocycles. The first kappa shape index (κ1) is 22.5. The molecule has 3 aromatic carbocycles. The van der Waals surface area contributed by atoms with Crippen LogP contribution in [0.15, 0.2) is 60.7 Å². The second kappa shape index (κ2) is 9.42. The fourth-order valence-electron chi connectivity index (χ4n) is 4.03. The van der Waals surface area contributed by atoms with Gasteiger partial charge in [-0.25, -0.2) is 0 Å². The van der Waals surface area contributed by atoms with Crippen LogP contribution in [0, 0.1) is 0 Å². The molecule has 1 heterocycles. The Labute approximate surface area is 196 Å². The largest absolute Gasteiger partial charge is 0.493 e. The average Bonchev–Trinajstić information content (AvgIpc) is 2.98. The molecule has 1 N–H and O–H groups in total. The number of carbonyl (C=O) groups excluding carboxylic acids is 2. The lowest BCUT2D eigenvalue weighted by Gasteiger charge is -2.31. The molecule has 7 nitrogen and oxygen atoms in total. The molecule has 33 heavy (non-hydrogen) atoms. The van der Waals surface area contributed by atoms with Crippen molar-refractivity contribution in [1.82, 2.24) is 4.90 Å². The van der Waals surface area contributed by atoms with E-state index in [0.29, 0.717) is 33.5 Å². The van der Waals surface area contributed by atoms with Gasteiger partial charge in [0, 0.05) is 21.8 Å². The van der Waals surface area contributed by atoms with Crippen molar-refractivity contribution in [1.29, 1.82) is 0 Å². The third-order valence-electron chi connectivity index (χ3n) is 5.50. The Morgan fingerprint density at radius 1 is 0.970 bits per heavy atom. The predicted octanol–water partition coefficient (Wildman–Crippen LogP) is 4.55. The zero-order valence-electron chi connectivity index (χ0n) is 18.4. The quantitative estimate of drug-likeness (QED) is 0.597. The lowest BCUT2D eigenvalue weighted by Crippen LogP contribution is -2.39. The van der Waals surface area contributed by atoms with Gasteiger partial charge in [0.2, 0.25) is 11.7 Å². The number of methoxy groups -OCH3 is 3. The molecule has 0 saturated heterocycles. The van der Waals surface area contributed by atoms with Crippen molar-refractivity contribution >= 4 is 29.1 Å². The van der Waals surface area contributed by atoms with Gasteiger partial charge in [0.15, 0.2) is 11.5 Å². The number of nitrogens with zero attached hydrogens (tertiary/aromatic N) is 1. The van der Waals surface area contributed by atoms with Crippen molar-refractivity contribution in [2.75, 3.05) is 33.2 Å². The number of benzene rings is 3. The lowest BCUT2D eigenvalue weighted by atomic mass is 9.95. The summed E-state index contributed by atoms with van der Waals surface area (Å²) >= 11 is 6.31. The van der Waals surface area contributed by atoms with Gasteiger partial charge in [-0.2, -0.15) is 0 Å². The number of nitrogens with one attached hydrogen (secondary N) is 1. The third kappa shape index (κ3) is 4.32. The number of anilines is 1. The van der Waals surface area contributed by atoms with Crippen LogP contribution in [0.5, 0.6) is 17.2 Å². The van der Waals surface area contributed by atoms with Gasteiger partial charge in [0.1, 0.15) is 6.54 Å². The van der Waals surface area contributed by atoms with Crippen LogP contribution in [0.25, 0.3) is 0 Å². The molecule has 0 spiro atoms. The van der Waals surface area contributed by atoms with Crippen LogP contribution >= 0.6 is 11.6 Å². The molecule has 0 unspecified atom stereocenters. The maximum absolute atomic E-state index is 13.9. The molecule has 1 aliphatic rings. The fourth-order valence-corrected chi connectivity index (χ4v) is 4.21. The van der Waals surface area contributed by atoms with Crippen molar-refractivity contribution in [2.24, 2.45) is 0 Å². The van der Waals surface area contributed by atoms with E-state index < -0.39 is 6.04 Å². The Morgan fingerprint density at radius 2 is 1.64 bits per heavy atom. The monoisotopic (exact) mass is 466 g/mol. The van der Waals surface area contributed by atoms with Gasteiger partial charge in [-0.3, -0.25) is 9.59 Å². The highest BCUT2D eigenvalue weighted by atomic mass is 35.5. The van der Waals surface area contributed by atoms with Crippen LogP contribution in [-0.2, 0) is 4.79 Å². The molecule has 0 saturated carbocycles. The van der Waals surface area contributed by atoms with E-state index in [-0.39, 0.29) is 18.4 Å². The highest BCUT2D eigenvalue weighted by Gasteiger charge is 2.34. The normalized spacial score (nSPS) is 15.2. The molecule has 8 heteroatoms. The van der Waals surface area contributed by atoms with Crippen LogP contribution in [0.2, 0.25) is 5.02 Å². The minimum Gasteiger partial charge on any atom is -0.493 e. The van der Waals surface area contributed by atoms with Crippen molar-refractivity contribution < 1.29 is 23.8 Å². The van der Waals surface area contributed by atoms with E-state index in [9.17, 15) is 9.59 Å². The van der Waals surface area contributed by atoms with Gasteiger partial charge < -0.3 is 24.4 Å². The molecular weight excluding hydrogens is 444 g/mol. The van der Waals surface area contributed by atoms with Gasteiger partial charge in [-0.05, 0) is 35.9 Å². The fraction of sp³-hybridized carbons (Fsp3) is 0.200. The first-order chi connectivity index (χ1) is 16.0. The number of hydrogen-bond acceptors (Lipinski definition) is 5. The summed E-state index contributed by atoms with van der Waals surface area (Å²) in [6, 6.07) is 17.3. The summed E-state index contributed by atoms with van der Waals surface area (Å²) in [7, 11) is 4.46. The van der Waals surface area contributed by atoms with Crippen LogP contribution in [-0.4, -0.2) is 44.6 Å². The second-order valence-corrected chi connectivity index (χ2v) is 7.88. The number of ether oxygens (including phenoxy) is 3. The molecule has 0 fully saturated rings. The Bertz CT molecular complexity index is 1170. The molecule has 3 aromatic rings. The summed E-state index contributed by atoms with van der Waals surface area (Å²) in [5.41, 5.74) is 2.47. The SMILES string of the molecule is COc1cc(C(=O)N2CC(=O)Nc3ccc(Cl)cc3[C@H]2c2ccccc2)cc(OC)c1OC. The van der Waals surface area contributed by atoms with Crippen molar-refractivity contribution in [3.05, 3.63) is 82.4 Å². The Kier molecular flexibility index (Phi) is 6.42. The lowest BCUT2D eigenvalue weighted by molar-refractivity contribution is -0.117. The van der Waals surface area contributed by atoms with Gasteiger partial charge in [-0.15, -0.1) is 0 Å². The maximum Gasteiger partial charge on any atom is 0.255 e. The van der Waals surface area contributed by atoms with Crippen LogP contribution in [0.4, 0.5) is 5.69 Å².